The molecule has 43 heavy (non-hydrogen) atoms. The van der Waals surface area contributed by atoms with Crippen molar-refractivity contribution < 1.29 is 22.0 Å². The number of aryl methyl sites for hydroxylation is 1. The lowest BCUT2D eigenvalue weighted by Gasteiger charge is -2.35. The lowest BCUT2D eigenvalue weighted by Crippen LogP contribution is -2.49. The summed E-state index contributed by atoms with van der Waals surface area (Å²) in [5.41, 5.74) is 2.19. The summed E-state index contributed by atoms with van der Waals surface area (Å²) < 4.78 is 59.1. The van der Waals surface area contributed by atoms with E-state index in [4.69, 9.17) is 0 Å². The van der Waals surface area contributed by atoms with Crippen molar-refractivity contribution >= 4 is 32.5 Å². The number of carbonyl (C=O) groups is 1. The highest BCUT2D eigenvalue weighted by Crippen LogP contribution is 2.34. The first-order valence-corrected chi connectivity index (χ1v) is 16.4. The van der Waals surface area contributed by atoms with Crippen LogP contribution in [-0.2, 0) is 10.0 Å². The topological polar surface area (TPSA) is 82.6 Å². The SMILES string of the molecule is C/C=C(CN1CCN(C(=O)c2ccc(NS(=O)(=O)c3cccc4cccnc34)c(C)c2)CC1)\C(F)=C(\F)C1CCCCC1. The van der Waals surface area contributed by atoms with E-state index in [1.54, 1.807) is 73.5 Å². The van der Waals surface area contributed by atoms with Crippen LogP contribution < -0.4 is 4.72 Å². The Morgan fingerprint density at radius 3 is 2.44 bits per heavy atom. The molecule has 0 bridgehead atoms. The van der Waals surface area contributed by atoms with Gasteiger partial charge in [0.1, 0.15) is 10.7 Å². The van der Waals surface area contributed by atoms with Crippen molar-refractivity contribution in [2.24, 2.45) is 5.92 Å². The fraction of sp³-hybridized carbons (Fsp3) is 0.394. The molecule has 2 fully saturated rings. The molecular weight excluding hydrogens is 570 g/mol. The molecule has 1 aliphatic heterocycles. The zero-order chi connectivity index (χ0) is 30.6. The van der Waals surface area contributed by atoms with Gasteiger partial charge in [0.05, 0.1) is 11.2 Å². The van der Waals surface area contributed by atoms with Gasteiger partial charge in [-0.25, -0.2) is 17.2 Å². The lowest BCUT2D eigenvalue weighted by atomic mass is 9.87. The maximum absolute atomic E-state index is 15.1. The van der Waals surface area contributed by atoms with Crippen LogP contribution in [0.1, 0.15) is 54.9 Å². The number of aromatic nitrogens is 1. The van der Waals surface area contributed by atoms with Crippen LogP contribution in [0.25, 0.3) is 10.9 Å². The fourth-order valence-corrected chi connectivity index (χ4v) is 7.22. The third kappa shape index (κ3) is 6.96. The number of allylic oxidation sites excluding steroid dienone is 2. The number of pyridine rings is 1. The second-order valence-corrected chi connectivity index (χ2v) is 13.0. The molecule has 5 rings (SSSR count). The molecule has 2 heterocycles. The molecule has 2 aliphatic rings. The number of halogens is 2. The zero-order valence-corrected chi connectivity index (χ0v) is 25.5. The van der Waals surface area contributed by atoms with Crippen LogP contribution in [0.2, 0.25) is 0 Å². The molecule has 1 saturated carbocycles. The van der Waals surface area contributed by atoms with E-state index in [0.29, 0.717) is 73.5 Å². The van der Waals surface area contributed by atoms with E-state index in [9.17, 15) is 17.6 Å². The molecule has 1 N–H and O–H groups in total. The number of benzene rings is 2. The van der Waals surface area contributed by atoms with Crippen LogP contribution in [-0.4, -0.2) is 61.8 Å². The molecule has 0 spiro atoms. The molecule has 228 valence electrons. The summed E-state index contributed by atoms with van der Waals surface area (Å²) in [5, 5.41) is 0.721. The van der Waals surface area contributed by atoms with Gasteiger partial charge in [0.2, 0.25) is 0 Å². The standard InChI is InChI=1S/C33H38F2N4O3S/c1-3-24(30(34)31(35)25-9-5-4-6-10-25)22-38-17-19-39(20-18-38)33(40)27-14-15-28(23(2)21-27)37-43(41,42)29-13-7-11-26-12-8-16-36-32(26)29/h3,7-8,11-16,21,25,37H,4-6,9-10,17-20,22H2,1-2H3/b24-3-,31-30-. The molecule has 0 radical (unpaired) electrons. The summed E-state index contributed by atoms with van der Waals surface area (Å²) in [4.78, 5) is 21.4. The highest BCUT2D eigenvalue weighted by molar-refractivity contribution is 7.93. The van der Waals surface area contributed by atoms with Gasteiger partial charge in [-0.15, -0.1) is 0 Å². The maximum Gasteiger partial charge on any atom is 0.264 e. The molecular formula is C33H38F2N4O3S. The van der Waals surface area contributed by atoms with E-state index < -0.39 is 21.7 Å². The van der Waals surface area contributed by atoms with E-state index in [2.05, 4.69) is 9.71 Å². The summed E-state index contributed by atoms with van der Waals surface area (Å²) in [6.07, 6.45) is 7.55. The number of hydrogen-bond donors (Lipinski definition) is 1. The fourth-order valence-electron chi connectivity index (χ4n) is 5.91. The predicted molar refractivity (Wildman–Crippen MR) is 166 cm³/mol. The average molecular weight is 609 g/mol. The molecule has 3 aromatic rings. The lowest BCUT2D eigenvalue weighted by molar-refractivity contribution is 0.0647. The Kier molecular flexibility index (Phi) is 9.56. The molecule has 0 atom stereocenters. The highest BCUT2D eigenvalue weighted by atomic mass is 32.2. The molecule has 10 heteroatoms. The molecule has 1 saturated heterocycles. The normalized spacial score (nSPS) is 18.0. The number of fused-ring (bicyclic) bond motifs is 1. The third-order valence-corrected chi connectivity index (χ3v) is 9.86. The van der Waals surface area contributed by atoms with E-state index in [0.717, 1.165) is 24.6 Å². The first-order valence-electron chi connectivity index (χ1n) is 14.9. The van der Waals surface area contributed by atoms with Crippen molar-refractivity contribution in [1.29, 1.82) is 0 Å². The second kappa shape index (κ2) is 13.3. The molecule has 0 unspecified atom stereocenters. The number of anilines is 1. The van der Waals surface area contributed by atoms with Gasteiger partial charge in [0, 0.05) is 61.4 Å². The van der Waals surface area contributed by atoms with E-state index in [-0.39, 0.29) is 16.7 Å². The van der Waals surface area contributed by atoms with Crippen molar-refractivity contribution in [2.45, 2.75) is 50.8 Å². The van der Waals surface area contributed by atoms with Crippen molar-refractivity contribution in [2.75, 3.05) is 37.4 Å². The first kappa shape index (κ1) is 30.8. The largest absolute Gasteiger partial charge is 0.336 e. The Balaban J connectivity index is 1.20. The van der Waals surface area contributed by atoms with Crippen LogP contribution in [0.4, 0.5) is 14.5 Å². The van der Waals surface area contributed by atoms with Gasteiger partial charge < -0.3 is 4.90 Å². The number of carbonyl (C=O) groups excluding carboxylic acids is 1. The Bertz CT molecular complexity index is 1650. The Hall–Kier alpha value is -3.63. The second-order valence-electron chi connectivity index (χ2n) is 11.3. The van der Waals surface area contributed by atoms with Crippen molar-refractivity contribution in [3.05, 3.63) is 89.2 Å². The van der Waals surface area contributed by atoms with E-state index >= 15 is 4.39 Å². The Morgan fingerprint density at radius 1 is 1.02 bits per heavy atom. The maximum atomic E-state index is 15.1. The average Bonchev–Trinajstić information content (AvgIpc) is 3.04. The number of hydrogen-bond acceptors (Lipinski definition) is 5. The van der Waals surface area contributed by atoms with Gasteiger partial charge in [-0.1, -0.05) is 43.5 Å². The van der Waals surface area contributed by atoms with Crippen LogP contribution in [0.5, 0.6) is 0 Å². The minimum absolute atomic E-state index is 0.0798. The number of sulfonamides is 1. The van der Waals surface area contributed by atoms with Gasteiger partial charge in [-0.05, 0) is 62.6 Å². The van der Waals surface area contributed by atoms with E-state index in [1.165, 1.54) is 6.07 Å². The van der Waals surface area contributed by atoms with Gasteiger partial charge in [-0.2, -0.15) is 0 Å². The minimum atomic E-state index is -3.92. The first-order chi connectivity index (χ1) is 20.7. The quantitative estimate of drug-likeness (QED) is 0.285. The van der Waals surface area contributed by atoms with E-state index in [1.807, 2.05) is 4.90 Å². The van der Waals surface area contributed by atoms with Gasteiger partial charge in [0.25, 0.3) is 15.9 Å². The smallest absolute Gasteiger partial charge is 0.264 e. The van der Waals surface area contributed by atoms with Crippen molar-refractivity contribution in [1.82, 2.24) is 14.8 Å². The minimum Gasteiger partial charge on any atom is -0.336 e. The Labute approximate surface area is 252 Å². The number of amides is 1. The molecule has 1 amide bonds. The number of para-hydroxylation sites is 1. The van der Waals surface area contributed by atoms with Crippen LogP contribution in [0.3, 0.4) is 0 Å². The molecule has 1 aromatic heterocycles. The summed E-state index contributed by atoms with van der Waals surface area (Å²) in [5.74, 6) is -1.82. The van der Waals surface area contributed by atoms with Crippen LogP contribution in [0.15, 0.2) is 82.9 Å². The van der Waals surface area contributed by atoms with Crippen molar-refractivity contribution in [3.63, 3.8) is 0 Å². The monoisotopic (exact) mass is 608 g/mol. The number of nitrogens with one attached hydrogen (secondary N) is 1. The molecule has 7 nitrogen and oxygen atoms in total. The zero-order valence-electron chi connectivity index (χ0n) is 24.7. The van der Waals surface area contributed by atoms with Gasteiger partial charge in [0.15, 0.2) is 5.83 Å². The van der Waals surface area contributed by atoms with Gasteiger partial charge in [-0.3, -0.25) is 19.4 Å². The molecule has 1 aliphatic carbocycles. The number of rotatable bonds is 8. The summed E-state index contributed by atoms with van der Waals surface area (Å²) in [7, 11) is -3.92. The van der Waals surface area contributed by atoms with Crippen molar-refractivity contribution in [3.8, 4) is 0 Å². The Morgan fingerprint density at radius 2 is 1.74 bits per heavy atom. The number of nitrogens with zero attached hydrogens (tertiary/aromatic N) is 3. The third-order valence-electron chi connectivity index (χ3n) is 8.46. The van der Waals surface area contributed by atoms with Crippen LogP contribution >= 0.6 is 0 Å². The number of piperazine rings is 1. The van der Waals surface area contributed by atoms with Crippen LogP contribution in [0, 0.1) is 12.8 Å². The highest BCUT2D eigenvalue weighted by Gasteiger charge is 2.27. The molecule has 2 aromatic carbocycles. The summed E-state index contributed by atoms with van der Waals surface area (Å²) >= 11 is 0. The van der Waals surface area contributed by atoms with Gasteiger partial charge >= 0.3 is 0 Å². The summed E-state index contributed by atoms with van der Waals surface area (Å²) in [6.45, 7) is 5.76. The summed E-state index contributed by atoms with van der Waals surface area (Å²) in [6, 6.07) is 13.5. The predicted octanol–water partition coefficient (Wildman–Crippen LogP) is 6.78.